The Morgan fingerprint density at radius 1 is 1.40 bits per heavy atom. The SMILES string of the molecule is [CH2]CCc1ncc(F)cn1. The zero-order valence-corrected chi connectivity index (χ0v) is 5.55. The van der Waals surface area contributed by atoms with Gasteiger partial charge in [-0.05, 0) is 6.42 Å². The minimum atomic E-state index is -0.396. The third kappa shape index (κ3) is 1.76. The molecule has 0 spiro atoms. The van der Waals surface area contributed by atoms with Crippen LogP contribution in [-0.2, 0) is 6.42 Å². The standard InChI is InChI=1S/C7H8FN2/c1-2-3-7-9-4-6(8)5-10-7/h4-5H,1-3H2. The third-order valence-corrected chi connectivity index (χ3v) is 1.07. The maximum absolute atomic E-state index is 12.2. The molecule has 10 heavy (non-hydrogen) atoms. The van der Waals surface area contributed by atoms with Gasteiger partial charge >= 0.3 is 0 Å². The van der Waals surface area contributed by atoms with Crippen LogP contribution < -0.4 is 0 Å². The van der Waals surface area contributed by atoms with E-state index in [-0.39, 0.29) is 0 Å². The van der Waals surface area contributed by atoms with E-state index in [1.165, 1.54) is 0 Å². The van der Waals surface area contributed by atoms with E-state index in [4.69, 9.17) is 0 Å². The lowest BCUT2D eigenvalue weighted by molar-refractivity contribution is 0.608. The van der Waals surface area contributed by atoms with Crippen molar-refractivity contribution in [3.05, 3.63) is 31.0 Å². The van der Waals surface area contributed by atoms with Crippen molar-refractivity contribution in [3.8, 4) is 0 Å². The van der Waals surface area contributed by atoms with Crippen LogP contribution in [0, 0.1) is 12.7 Å². The Morgan fingerprint density at radius 2 is 2.00 bits per heavy atom. The van der Waals surface area contributed by atoms with E-state index in [1.54, 1.807) is 0 Å². The molecule has 0 saturated carbocycles. The summed E-state index contributed by atoms with van der Waals surface area (Å²) in [5.41, 5.74) is 0. The molecule has 0 aliphatic carbocycles. The molecule has 0 fully saturated rings. The van der Waals surface area contributed by atoms with Gasteiger partial charge < -0.3 is 0 Å². The summed E-state index contributed by atoms with van der Waals surface area (Å²) in [6.07, 6.45) is 3.78. The van der Waals surface area contributed by atoms with Crippen LogP contribution in [0.25, 0.3) is 0 Å². The highest BCUT2D eigenvalue weighted by Gasteiger charge is 1.93. The maximum Gasteiger partial charge on any atom is 0.159 e. The quantitative estimate of drug-likeness (QED) is 0.618. The van der Waals surface area contributed by atoms with Crippen LogP contribution >= 0.6 is 0 Å². The second kappa shape index (κ2) is 3.25. The predicted octanol–water partition coefficient (Wildman–Crippen LogP) is 1.38. The predicted molar refractivity (Wildman–Crippen MR) is 35.7 cm³/mol. The number of nitrogens with zero attached hydrogens (tertiary/aromatic N) is 2. The normalized spacial score (nSPS) is 9.80. The highest BCUT2D eigenvalue weighted by Crippen LogP contribution is 1.95. The summed E-state index contributed by atoms with van der Waals surface area (Å²) in [5, 5.41) is 0. The van der Waals surface area contributed by atoms with Crippen LogP contribution in [0.2, 0.25) is 0 Å². The first-order valence-electron chi connectivity index (χ1n) is 3.08. The van der Waals surface area contributed by atoms with Crippen LogP contribution in [0.3, 0.4) is 0 Å². The highest BCUT2D eigenvalue weighted by molar-refractivity contribution is 4.91. The van der Waals surface area contributed by atoms with Gasteiger partial charge in [0.25, 0.3) is 0 Å². The fourth-order valence-electron chi connectivity index (χ4n) is 0.626. The largest absolute Gasteiger partial charge is 0.238 e. The molecule has 0 amide bonds. The van der Waals surface area contributed by atoms with E-state index < -0.39 is 5.82 Å². The van der Waals surface area contributed by atoms with Crippen molar-refractivity contribution in [1.82, 2.24) is 9.97 Å². The fourth-order valence-corrected chi connectivity index (χ4v) is 0.626. The molecule has 1 heterocycles. The lowest BCUT2D eigenvalue weighted by Gasteiger charge is -1.93. The van der Waals surface area contributed by atoms with E-state index in [2.05, 4.69) is 16.9 Å². The molecule has 0 unspecified atom stereocenters. The monoisotopic (exact) mass is 139 g/mol. The van der Waals surface area contributed by atoms with Gasteiger partial charge in [0.05, 0.1) is 12.4 Å². The Balaban J connectivity index is 2.69. The molecule has 0 aromatic carbocycles. The molecule has 1 aromatic heterocycles. The minimum absolute atomic E-state index is 0.396. The zero-order valence-electron chi connectivity index (χ0n) is 5.55. The summed E-state index contributed by atoms with van der Waals surface area (Å²) < 4.78 is 12.2. The van der Waals surface area contributed by atoms with Gasteiger partial charge in [-0.25, -0.2) is 14.4 Å². The van der Waals surface area contributed by atoms with Crippen LogP contribution in [0.15, 0.2) is 12.4 Å². The molecular formula is C7H8FN2. The Kier molecular flexibility index (Phi) is 2.31. The van der Waals surface area contributed by atoms with E-state index in [9.17, 15) is 4.39 Å². The average molecular weight is 139 g/mol. The van der Waals surface area contributed by atoms with Crippen molar-refractivity contribution in [2.75, 3.05) is 0 Å². The zero-order chi connectivity index (χ0) is 7.40. The topological polar surface area (TPSA) is 25.8 Å². The van der Waals surface area contributed by atoms with Crippen molar-refractivity contribution < 1.29 is 4.39 Å². The van der Waals surface area contributed by atoms with Gasteiger partial charge in [0, 0.05) is 6.42 Å². The van der Waals surface area contributed by atoms with E-state index >= 15 is 0 Å². The molecule has 1 rings (SSSR count). The van der Waals surface area contributed by atoms with E-state index in [1.807, 2.05) is 0 Å². The molecule has 1 aromatic rings. The van der Waals surface area contributed by atoms with Gasteiger partial charge in [0.2, 0.25) is 0 Å². The van der Waals surface area contributed by atoms with Crippen molar-refractivity contribution in [3.63, 3.8) is 0 Å². The number of rotatable bonds is 2. The van der Waals surface area contributed by atoms with Gasteiger partial charge in [-0.3, -0.25) is 0 Å². The number of aryl methyl sites for hydroxylation is 1. The fraction of sp³-hybridized carbons (Fsp3) is 0.286. The summed E-state index contributed by atoms with van der Waals surface area (Å²) in [6.45, 7) is 3.63. The smallest absolute Gasteiger partial charge is 0.159 e. The van der Waals surface area contributed by atoms with Crippen molar-refractivity contribution in [1.29, 1.82) is 0 Å². The lowest BCUT2D eigenvalue weighted by Crippen LogP contribution is -1.93. The molecule has 1 radical (unpaired) electrons. The van der Waals surface area contributed by atoms with E-state index in [0.29, 0.717) is 12.2 Å². The second-order valence-electron chi connectivity index (χ2n) is 1.92. The van der Waals surface area contributed by atoms with Crippen molar-refractivity contribution >= 4 is 0 Å². The van der Waals surface area contributed by atoms with Gasteiger partial charge in [-0.15, -0.1) is 0 Å². The molecule has 0 saturated heterocycles. The summed E-state index contributed by atoms with van der Waals surface area (Å²) in [5.74, 6) is 0.254. The van der Waals surface area contributed by atoms with Crippen LogP contribution in [0.1, 0.15) is 12.2 Å². The molecule has 53 valence electrons. The number of aromatic nitrogens is 2. The van der Waals surface area contributed by atoms with E-state index in [0.717, 1.165) is 18.8 Å². The Hall–Kier alpha value is -0.990. The Bertz CT molecular complexity index is 195. The summed E-state index contributed by atoms with van der Waals surface area (Å²) in [6, 6.07) is 0. The summed E-state index contributed by atoms with van der Waals surface area (Å²) in [7, 11) is 0. The first-order chi connectivity index (χ1) is 4.83. The molecule has 0 aliphatic rings. The molecule has 2 nitrogen and oxygen atoms in total. The third-order valence-electron chi connectivity index (χ3n) is 1.07. The summed E-state index contributed by atoms with van der Waals surface area (Å²) >= 11 is 0. The second-order valence-corrected chi connectivity index (χ2v) is 1.92. The maximum atomic E-state index is 12.2. The van der Waals surface area contributed by atoms with Gasteiger partial charge in [-0.1, -0.05) is 6.92 Å². The molecule has 0 atom stereocenters. The molecule has 0 bridgehead atoms. The molecule has 3 heteroatoms. The molecule has 0 aliphatic heterocycles. The molecular weight excluding hydrogens is 131 g/mol. The highest BCUT2D eigenvalue weighted by atomic mass is 19.1. The van der Waals surface area contributed by atoms with Crippen molar-refractivity contribution in [2.45, 2.75) is 12.8 Å². The Morgan fingerprint density at radius 3 is 2.50 bits per heavy atom. The number of halogens is 1. The first kappa shape index (κ1) is 7.12. The number of hydrogen-bond donors (Lipinski definition) is 0. The minimum Gasteiger partial charge on any atom is -0.238 e. The first-order valence-corrected chi connectivity index (χ1v) is 3.08. The Labute approximate surface area is 59.1 Å². The molecule has 0 N–H and O–H groups in total. The van der Waals surface area contributed by atoms with Crippen molar-refractivity contribution in [2.24, 2.45) is 0 Å². The van der Waals surface area contributed by atoms with Crippen LogP contribution in [0.4, 0.5) is 4.39 Å². The lowest BCUT2D eigenvalue weighted by atomic mass is 10.3. The van der Waals surface area contributed by atoms with Gasteiger partial charge in [0.1, 0.15) is 5.82 Å². The van der Waals surface area contributed by atoms with Gasteiger partial charge in [-0.2, -0.15) is 0 Å². The average Bonchev–Trinajstić information content (AvgIpc) is 1.95. The van der Waals surface area contributed by atoms with Crippen LogP contribution in [-0.4, -0.2) is 9.97 Å². The number of hydrogen-bond acceptors (Lipinski definition) is 2. The summed E-state index contributed by atoms with van der Waals surface area (Å²) in [4.78, 5) is 7.48. The van der Waals surface area contributed by atoms with Crippen LogP contribution in [0.5, 0.6) is 0 Å². The van der Waals surface area contributed by atoms with Gasteiger partial charge in [0.15, 0.2) is 5.82 Å².